The molecule has 1 aliphatic carbocycles. The maximum atomic E-state index is 12.8. The van der Waals surface area contributed by atoms with Crippen LogP contribution in [0.25, 0.3) is 11.0 Å². The molecule has 4 rings (SSSR count). The molecule has 3 N–H and O–H groups in total. The Bertz CT molecular complexity index is 976. The van der Waals surface area contributed by atoms with Crippen molar-refractivity contribution in [3.05, 3.63) is 28.2 Å². The van der Waals surface area contributed by atoms with E-state index in [0.717, 1.165) is 71.4 Å². The Labute approximate surface area is 182 Å². The molecule has 3 heterocycles. The summed E-state index contributed by atoms with van der Waals surface area (Å²) in [7, 11) is 2.16. The topological polar surface area (TPSA) is 109 Å². The second-order valence-corrected chi connectivity index (χ2v) is 8.79. The fraction of sp³-hybridized carbons (Fsp3) is 0.636. The first-order chi connectivity index (χ1) is 15.0. The molecule has 2 aromatic heterocycles. The molecule has 0 spiro atoms. The molecule has 31 heavy (non-hydrogen) atoms. The Kier molecular flexibility index (Phi) is 6.82. The number of rotatable bonds is 7. The minimum absolute atomic E-state index is 0.00885. The number of carbonyl (C=O) groups is 1. The zero-order valence-electron chi connectivity index (χ0n) is 18.3. The fourth-order valence-corrected chi connectivity index (χ4v) is 4.61. The summed E-state index contributed by atoms with van der Waals surface area (Å²) in [5.74, 6) is -0.191. The van der Waals surface area contributed by atoms with Crippen LogP contribution >= 0.6 is 0 Å². The number of nitrogens with one attached hydrogen (secondary N) is 1. The van der Waals surface area contributed by atoms with Crippen LogP contribution in [-0.2, 0) is 0 Å². The van der Waals surface area contributed by atoms with E-state index in [0.29, 0.717) is 17.0 Å². The number of aromatic nitrogens is 3. The standard InChI is InChI=1S/C22H33N7O2/c1-27-10-12-28(13-11-27)9-5-8-24-22-25-14-17-19(30)18(20(23)31)15-29(21(17)26-22)16-6-3-2-4-7-16/h14-16H,2-13H2,1H3,(H2,23,31)(H,24,25,26). The molecular formula is C22H33N7O2. The summed E-state index contributed by atoms with van der Waals surface area (Å²) in [5, 5.41) is 3.66. The van der Waals surface area contributed by atoms with Gasteiger partial charge in [0.05, 0.1) is 5.39 Å². The molecule has 1 amide bonds. The van der Waals surface area contributed by atoms with Gasteiger partial charge in [-0.15, -0.1) is 0 Å². The highest BCUT2D eigenvalue weighted by Crippen LogP contribution is 2.30. The molecule has 168 valence electrons. The Morgan fingerprint density at radius 1 is 1.19 bits per heavy atom. The normalized spacial score (nSPS) is 19.0. The van der Waals surface area contributed by atoms with Gasteiger partial charge < -0.3 is 25.4 Å². The van der Waals surface area contributed by atoms with Crippen molar-refractivity contribution in [1.29, 1.82) is 0 Å². The van der Waals surface area contributed by atoms with Gasteiger partial charge in [-0.25, -0.2) is 4.98 Å². The second-order valence-electron chi connectivity index (χ2n) is 8.79. The molecule has 9 heteroatoms. The van der Waals surface area contributed by atoms with Gasteiger partial charge in [0, 0.05) is 51.2 Å². The zero-order chi connectivity index (χ0) is 21.8. The van der Waals surface area contributed by atoms with Crippen molar-refractivity contribution in [2.24, 2.45) is 5.73 Å². The van der Waals surface area contributed by atoms with Crippen LogP contribution in [0.5, 0.6) is 0 Å². The Balaban J connectivity index is 1.50. The average molecular weight is 428 g/mol. The molecule has 2 aliphatic rings. The van der Waals surface area contributed by atoms with Crippen LogP contribution in [0.3, 0.4) is 0 Å². The Morgan fingerprint density at radius 3 is 2.65 bits per heavy atom. The van der Waals surface area contributed by atoms with E-state index in [1.54, 1.807) is 6.20 Å². The van der Waals surface area contributed by atoms with E-state index in [4.69, 9.17) is 5.73 Å². The van der Waals surface area contributed by atoms with E-state index >= 15 is 0 Å². The molecule has 0 radical (unpaired) electrons. The van der Waals surface area contributed by atoms with Crippen molar-refractivity contribution in [3.8, 4) is 0 Å². The summed E-state index contributed by atoms with van der Waals surface area (Å²) >= 11 is 0. The molecule has 0 atom stereocenters. The molecule has 9 nitrogen and oxygen atoms in total. The molecule has 0 unspecified atom stereocenters. The summed E-state index contributed by atoms with van der Waals surface area (Å²) in [6, 6.07) is 0.218. The van der Waals surface area contributed by atoms with Gasteiger partial charge in [-0.2, -0.15) is 4.98 Å². The third-order valence-corrected chi connectivity index (χ3v) is 6.53. The highest BCUT2D eigenvalue weighted by Gasteiger charge is 2.22. The van der Waals surface area contributed by atoms with E-state index < -0.39 is 11.3 Å². The Morgan fingerprint density at radius 2 is 1.94 bits per heavy atom. The lowest BCUT2D eigenvalue weighted by molar-refractivity contribution is 0.0998. The Hall–Kier alpha value is -2.52. The van der Waals surface area contributed by atoms with Crippen LogP contribution in [0.1, 0.15) is 54.9 Å². The SMILES string of the molecule is CN1CCN(CCCNc2ncc3c(=O)c(C(N)=O)cn(C4CCCCC4)c3n2)CC1. The molecule has 2 aromatic rings. The van der Waals surface area contributed by atoms with Gasteiger partial charge in [0.2, 0.25) is 11.4 Å². The van der Waals surface area contributed by atoms with Crippen molar-refractivity contribution >= 4 is 22.9 Å². The van der Waals surface area contributed by atoms with E-state index in [2.05, 4.69) is 32.1 Å². The van der Waals surface area contributed by atoms with Crippen molar-refractivity contribution in [3.63, 3.8) is 0 Å². The molecule has 0 bridgehead atoms. The zero-order valence-corrected chi connectivity index (χ0v) is 18.3. The number of nitrogens with two attached hydrogens (primary N) is 1. The highest BCUT2D eigenvalue weighted by molar-refractivity contribution is 5.95. The van der Waals surface area contributed by atoms with E-state index in [1.807, 2.05) is 4.57 Å². The number of pyridine rings is 1. The van der Waals surface area contributed by atoms with Crippen molar-refractivity contribution < 1.29 is 4.79 Å². The minimum Gasteiger partial charge on any atom is -0.365 e. The van der Waals surface area contributed by atoms with Gasteiger partial charge >= 0.3 is 0 Å². The number of amides is 1. The summed E-state index contributed by atoms with van der Waals surface area (Å²) in [6.45, 7) is 6.27. The van der Waals surface area contributed by atoms with Gasteiger partial charge in [-0.05, 0) is 32.9 Å². The number of primary amides is 1. The van der Waals surface area contributed by atoms with Gasteiger partial charge in [-0.3, -0.25) is 9.59 Å². The maximum absolute atomic E-state index is 12.8. The lowest BCUT2D eigenvalue weighted by Gasteiger charge is -2.32. The fourth-order valence-electron chi connectivity index (χ4n) is 4.61. The van der Waals surface area contributed by atoms with Crippen LogP contribution in [0, 0.1) is 0 Å². The van der Waals surface area contributed by atoms with Crippen LogP contribution in [-0.4, -0.2) is 76.6 Å². The monoisotopic (exact) mass is 427 g/mol. The van der Waals surface area contributed by atoms with Crippen LogP contribution in [0.4, 0.5) is 5.95 Å². The van der Waals surface area contributed by atoms with Crippen molar-refractivity contribution in [2.45, 2.75) is 44.6 Å². The number of carbonyl (C=O) groups excluding carboxylic acids is 1. The number of likely N-dealkylation sites (N-methyl/N-ethyl adjacent to an activating group) is 1. The summed E-state index contributed by atoms with van der Waals surface area (Å²) < 4.78 is 1.98. The number of fused-ring (bicyclic) bond motifs is 1. The first-order valence-corrected chi connectivity index (χ1v) is 11.4. The average Bonchev–Trinajstić information content (AvgIpc) is 2.78. The number of hydrogen-bond donors (Lipinski definition) is 2. The van der Waals surface area contributed by atoms with Crippen LogP contribution in [0.2, 0.25) is 0 Å². The second kappa shape index (κ2) is 9.74. The molecular weight excluding hydrogens is 394 g/mol. The van der Waals surface area contributed by atoms with Crippen LogP contribution in [0.15, 0.2) is 17.2 Å². The quantitative estimate of drug-likeness (QED) is 0.644. The van der Waals surface area contributed by atoms with Gasteiger partial charge in [0.1, 0.15) is 11.2 Å². The number of anilines is 1. The number of nitrogens with zero attached hydrogens (tertiary/aromatic N) is 5. The molecule has 1 saturated heterocycles. The molecule has 1 aliphatic heterocycles. The minimum atomic E-state index is -0.706. The maximum Gasteiger partial charge on any atom is 0.254 e. The lowest BCUT2D eigenvalue weighted by atomic mass is 9.95. The van der Waals surface area contributed by atoms with Gasteiger partial charge in [-0.1, -0.05) is 19.3 Å². The summed E-state index contributed by atoms with van der Waals surface area (Å²) in [4.78, 5) is 38.4. The largest absolute Gasteiger partial charge is 0.365 e. The van der Waals surface area contributed by atoms with Crippen molar-refractivity contribution in [1.82, 2.24) is 24.3 Å². The first kappa shape index (κ1) is 21.7. The van der Waals surface area contributed by atoms with E-state index in [9.17, 15) is 9.59 Å². The third-order valence-electron chi connectivity index (χ3n) is 6.53. The number of piperazine rings is 1. The predicted molar refractivity (Wildman–Crippen MR) is 121 cm³/mol. The van der Waals surface area contributed by atoms with Gasteiger partial charge in [0.15, 0.2) is 0 Å². The van der Waals surface area contributed by atoms with E-state index in [1.165, 1.54) is 12.6 Å². The van der Waals surface area contributed by atoms with Crippen LogP contribution < -0.4 is 16.5 Å². The van der Waals surface area contributed by atoms with E-state index in [-0.39, 0.29) is 11.6 Å². The summed E-state index contributed by atoms with van der Waals surface area (Å²) in [6.07, 6.45) is 9.63. The lowest BCUT2D eigenvalue weighted by Crippen LogP contribution is -2.44. The van der Waals surface area contributed by atoms with Gasteiger partial charge in [0.25, 0.3) is 5.91 Å². The third kappa shape index (κ3) is 5.04. The molecule has 2 fully saturated rings. The molecule has 1 saturated carbocycles. The summed E-state index contributed by atoms with van der Waals surface area (Å²) in [5.41, 5.74) is 5.67. The number of hydrogen-bond acceptors (Lipinski definition) is 7. The first-order valence-electron chi connectivity index (χ1n) is 11.4. The predicted octanol–water partition coefficient (Wildman–Crippen LogP) is 1.44. The molecule has 0 aromatic carbocycles. The smallest absolute Gasteiger partial charge is 0.254 e. The van der Waals surface area contributed by atoms with Crippen molar-refractivity contribution in [2.75, 3.05) is 51.6 Å². The highest BCUT2D eigenvalue weighted by atomic mass is 16.2.